The molecular weight excluding hydrogens is 216 g/mol. The highest BCUT2D eigenvalue weighted by molar-refractivity contribution is 5.79. The van der Waals surface area contributed by atoms with Gasteiger partial charge in [-0.15, -0.1) is 0 Å². The molecule has 0 aromatic rings. The quantitative estimate of drug-likeness (QED) is 0.771. The predicted octanol–water partition coefficient (Wildman–Crippen LogP) is 0.916. The summed E-state index contributed by atoms with van der Waals surface area (Å²) in [5.41, 5.74) is 0. The van der Waals surface area contributed by atoms with Gasteiger partial charge in [-0.2, -0.15) is 0 Å². The summed E-state index contributed by atoms with van der Waals surface area (Å²) in [4.78, 5) is 12.1. The van der Waals surface area contributed by atoms with Crippen LogP contribution in [0.25, 0.3) is 0 Å². The van der Waals surface area contributed by atoms with E-state index in [4.69, 9.17) is 4.74 Å². The Hall–Kier alpha value is -0.610. The van der Waals surface area contributed by atoms with Crippen molar-refractivity contribution < 1.29 is 9.53 Å². The highest BCUT2D eigenvalue weighted by Gasteiger charge is 2.30. The Kier molecular flexibility index (Phi) is 4.40. The summed E-state index contributed by atoms with van der Waals surface area (Å²) in [5, 5.41) is 6.50. The highest BCUT2D eigenvalue weighted by Crippen LogP contribution is 2.22. The maximum atomic E-state index is 12.1. The molecule has 1 heterocycles. The van der Waals surface area contributed by atoms with Gasteiger partial charge in [0.25, 0.3) is 0 Å². The Bertz CT molecular complexity index is 270. The number of hydrogen-bond acceptors (Lipinski definition) is 3. The van der Waals surface area contributed by atoms with Crippen molar-refractivity contribution in [2.24, 2.45) is 11.8 Å². The lowest BCUT2D eigenvalue weighted by atomic mass is 9.91. The smallest absolute Gasteiger partial charge is 0.224 e. The molecule has 1 saturated carbocycles. The van der Waals surface area contributed by atoms with Crippen LogP contribution in [0.15, 0.2) is 0 Å². The molecule has 1 aliphatic heterocycles. The lowest BCUT2D eigenvalue weighted by Crippen LogP contribution is -2.45. The highest BCUT2D eigenvalue weighted by atomic mass is 16.5. The summed E-state index contributed by atoms with van der Waals surface area (Å²) < 4.78 is 5.32. The van der Waals surface area contributed by atoms with Gasteiger partial charge in [0, 0.05) is 19.7 Å². The second kappa shape index (κ2) is 5.83. The van der Waals surface area contributed by atoms with Gasteiger partial charge in [-0.05, 0) is 38.1 Å². The van der Waals surface area contributed by atoms with Crippen molar-refractivity contribution in [3.05, 3.63) is 0 Å². The number of hydrogen-bond donors (Lipinski definition) is 2. The first-order valence-corrected chi connectivity index (χ1v) is 6.73. The van der Waals surface area contributed by atoms with Crippen LogP contribution in [0.1, 0.15) is 32.6 Å². The van der Waals surface area contributed by atoms with Crippen molar-refractivity contribution in [3.8, 4) is 0 Å². The van der Waals surface area contributed by atoms with Gasteiger partial charge in [-0.1, -0.05) is 6.92 Å². The van der Waals surface area contributed by atoms with E-state index in [0.29, 0.717) is 18.1 Å². The fraction of sp³-hybridized carbons (Fsp3) is 0.923. The van der Waals surface area contributed by atoms with Gasteiger partial charge in [-0.3, -0.25) is 4.79 Å². The molecular formula is C13H24N2O2. The van der Waals surface area contributed by atoms with Crippen molar-refractivity contribution in [2.75, 3.05) is 20.2 Å². The molecule has 1 saturated heterocycles. The van der Waals surface area contributed by atoms with Crippen LogP contribution >= 0.6 is 0 Å². The van der Waals surface area contributed by atoms with E-state index in [1.165, 1.54) is 0 Å². The number of piperidine rings is 1. The SMILES string of the molecule is COC1CCC(NC(=O)C2CNCC(C)C2)C1. The van der Waals surface area contributed by atoms with Crippen LogP contribution in [0, 0.1) is 11.8 Å². The Labute approximate surface area is 103 Å². The molecule has 0 radical (unpaired) electrons. The van der Waals surface area contributed by atoms with E-state index in [-0.39, 0.29) is 11.8 Å². The Morgan fingerprint density at radius 3 is 2.76 bits per heavy atom. The minimum absolute atomic E-state index is 0.153. The van der Waals surface area contributed by atoms with Gasteiger partial charge in [0.2, 0.25) is 5.91 Å². The molecule has 2 fully saturated rings. The normalized spacial score (nSPS) is 38.0. The number of methoxy groups -OCH3 is 1. The molecule has 0 aromatic carbocycles. The molecule has 0 spiro atoms. The molecule has 2 N–H and O–H groups in total. The number of nitrogens with one attached hydrogen (secondary N) is 2. The summed E-state index contributed by atoms with van der Waals surface area (Å²) in [6, 6.07) is 0.324. The van der Waals surface area contributed by atoms with Crippen LogP contribution in [0.5, 0.6) is 0 Å². The van der Waals surface area contributed by atoms with Crippen LogP contribution in [0.2, 0.25) is 0 Å². The third kappa shape index (κ3) is 3.42. The van der Waals surface area contributed by atoms with Gasteiger partial charge in [0.15, 0.2) is 0 Å². The van der Waals surface area contributed by atoms with Crippen molar-refractivity contribution >= 4 is 5.91 Å². The van der Waals surface area contributed by atoms with E-state index in [9.17, 15) is 4.79 Å². The van der Waals surface area contributed by atoms with Gasteiger partial charge in [0.1, 0.15) is 0 Å². The third-order valence-corrected chi connectivity index (χ3v) is 4.01. The predicted molar refractivity (Wildman–Crippen MR) is 66.7 cm³/mol. The van der Waals surface area contributed by atoms with Crippen molar-refractivity contribution in [2.45, 2.75) is 44.8 Å². The average Bonchev–Trinajstić information content (AvgIpc) is 2.77. The van der Waals surface area contributed by atoms with E-state index in [1.807, 2.05) is 0 Å². The molecule has 0 aromatic heterocycles. The first kappa shape index (κ1) is 12.8. The van der Waals surface area contributed by atoms with E-state index in [0.717, 1.165) is 38.8 Å². The third-order valence-electron chi connectivity index (χ3n) is 4.01. The maximum Gasteiger partial charge on any atom is 0.224 e. The summed E-state index contributed by atoms with van der Waals surface area (Å²) in [5.74, 6) is 0.987. The fourth-order valence-electron chi connectivity index (χ4n) is 2.96. The largest absolute Gasteiger partial charge is 0.381 e. The molecule has 1 amide bonds. The molecule has 2 rings (SSSR count). The Morgan fingerprint density at radius 2 is 2.12 bits per heavy atom. The monoisotopic (exact) mass is 240 g/mol. The van der Waals surface area contributed by atoms with Gasteiger partial charge in [0.05, 0.1) is 12.0 Å². The molecule has 4 unspecified atom stereocenters. The molecule has 4 atom stereocenters. The fourth-order valence-corrected chi connectivity index (χ4v) is 2.96. The summed E-state index contributed by atoms with van der Waals surface area (Å²) >= 11 is 0. The standard InChI is InChI=1S/C13H24N2O2/c1-9-5-10(8-14-7-9)13(16)15-11-3-4-12(6-11)17-2/h9-12,14H,3-8H2,1-2H3,(H,15,16). The molecule has 4 nitrogen and oxygen atoms in total. The molecule has 0 bridgehead atoms. The van der Waals surface area contributed by atoms with E-state index >= 15 is 0 Å². The molecule has 1 aliphatic carbocycles. The van der Waals surface area contributed by atoms with Crippen LogP contribution in [-0.2, 0) is 9.53 Å². The van der Waals surface area contributed by atoms with Crippen LogP contribution in [0.4, 0.5) is 0 Å². The zero-order valence-electron chi connectivity index (χ0n) is 10.9. The zero-order valence-corrected chi connectivity index (χ0v) is 10.9. The average molecular weight is 240 g/mol. The number of rotatable bonds is 3. The van der Waals surface area contributed by atoms with E-state index in [1.54, 1.807) is 7.11 Å². The van der Waals surface area contributed by atoms with Gasteiger partial charge < -0.3 is 15.4 Å². The van der Waals surface area contributed by atoms with E-state index in [2.05, 4.69) is 17.6 Å². The van der Waals surface area contributed by atoms with Crippen LogP contribution < -0.4 is 10.6 Å². The van der Waals surface area contributed by atoms with Crippen LogP contribution in [0.3, 0.4) is 0 Å². The van der Waals surface area contributed by atoms with Crippen molar-refractivity contribution in [3.63, 3.8) is 0 Å². The first-order chi connectivity index (χ1) is 8.19. The van der Waals surface area contributed by atoms with E-state index < -0.39 is 0 Å². The maximum absolute atomic E-state index is 12.1. The van der Waals surface area contributed by atoms with Crippen molar-refractivity contribution in [1.82, 2.24) is 10.6 Å². The topological polar surface area (TPSA) is 50.4 Å². The lowest BCUT2D eigenvalue weighted by molar-refractivity contribution is -0.126. The zero-order chi connectivity index (χ0) is 12.3. The second-order valence-electron chi connectivity index (χ2n) is 5.57. The molecule has 4 heteroatoms. The first-order valence-electron chi connectivity index (χ1n) is 6.73. The number of carbonyl (C=O) groups excluding carboxylic acids is 1. The molecule has 17 heavy (non-hydrogen) atoms. The minimum Gasteiger partial charge on any atom is -0.381 e. The molecule has 98 valence electrons. The van der Waals surface area contributed by atoms with Gasteiger partial charge in [-0.25, -0.2) is 0 Å². The summed E-state index contributed by atoms with van der Waals surface area (Å²) in [6.45, 7) is 4.07. The Balaban J connectivity index is 1.77. The molecule has 2 aliphatic rings. The lowest BCUT2D eigenvalue weighted by Gasteiger charge is -2.28. The minimum atomic E-state index is 0.153. The number of amides is 1. The Morgan fingerprint density at radius 1 is 1.29 bits per heavy atom. The number of carbonyl (C=O) groups is 1. The second-order valence-corrected chi connectivity index (χ2v) is 5.57. The van der Waals surface area contributed by atoms with Crippen LogP contribution in [-0.4, -0.2) is 38.3 Å². The number of ether oxygens (including phenoxy) is 1. The van der Waals surface area contributed by atoms with Gasteiger partial charge >= 0.3 is 0 Å². The van der Waals surface area contributed by atoms with Crippen molar-refractivity contribution in [1.29, 1.82) is 0 Å². The summed E-state index contributed by atoms with van der Waals surface area (Å²) in [6.07, 6.45) is 4.45. The summed E-state index contributed by atoms with van der Waals surface area (Å²) in [7, 11) is 1.75.